The largest absolute Gasteiger partial charge is 0.496 e. The number of hydrogen-bond donors (Lipinski definition) is 0. The Kier molecular flexibility index (Phi) is 11.0. The van der Waals surface area contributed by atoms with Crippen LogP contribution in [0, 0.1) is 0 Å². The number of benzene rings is 3. The lowest BCUT2D eigenvalue weighted by Gasteiger charge is -2.11. The Morgan fingerprint density at radius 2 is 1.45 bits per heavy atom. The van der Waals surface area contributed by atoms with Gasteiger partial charge in [-0.1, -0.05) is 25.6 Å². The van der Waals surface area contributed by atoms with E-state index in [1.165, 1.54) is 0 Å². The second kappa shape index (κ2) is 14.6. The lowest BCUT2D eigenvalue weighted by Crippen LogP contribution is -2.10. The van der Waals surface area contributed by atoms with Crippen LogP contribution in [0.15, 0.2) is 84.3 Å². The van der Waals surface area contributed by atoms with Crippen LogP contribution >= 0.6 is 11.8 Å². The normalized spacial score (nSPS) is 10.4. The number of methoxy groups -OCH3 is 1. The summed E-state index contributed by atoms with van der Waals surface area (Å²) in [7, 11) is 1.54. The molecule has 0 aromatic heterocycles. The summed E-state index contributed by atoms with van der Waals surface area (Å²) in [4.78, 5) is 37.1. The van der Waals surface area contributed by atoms with Gasteiger partial charge in [0.05, 0.1) is 24.8 Å². The number of hydrogen-bond acceptors (Lipinski definition) is 8. The van der Waals surface area contributed by atoms with E-state index in [1.54, 1.807) is 67.4 Å². The van der Waals surface area contributed by atoms with E-state index in [9.17, 15) is 14.4 Å². The predicted molar refractivity (Wildman–Crippen MR) is 146 cm³/mol. The molecule has 8 heteroatoms. The molecule has 0 aliphatic heterocycles. The van der Waals surface area contributed by atoms with Crippen LogP contribution < -0.4 is 14.2 Å². The summed E-state index contributed by atoms with van der Waals surface area (Å²) in [5.74, 6) is 0.657. The SMILES string of the molecule is C=CC(=O)OCCCCSc1ccc(C(=O)Oc2ccc(C(=O)Oc3ccc(CC)cc3)cc2)cc1OC. The van der Waals surface area contributed by atoms with Crippen molar-refractivity contribution >= 4 is 29.7 Å². The lowest BCUT2D eigenvalue weighted by molar-refractivity contribution is -0.137. The molecule has 7 nitrogen and oxygen atoms in total. The summed E-state index contributed by atoms with van der Waals surface area (Å²) in [6, 6.07) is 18.6. The number of carbonyl (C=O) groups is 3. The van der Waals surface area contributed by atoms with Crippen molar-refractivity contribution in [3.8, 4) is 17.2 Å². The van der Waals surface area contributed by atoms with Gasteiger partial charge >= 0.3 is 17.9 Å². The number of aryl methyl sites for hydroxylation is 1. The number of ether oxygens (including phenoxy) is 4. The third-order valence-corrected chi connectivity index (χ3v) is 6.59. The first-order valence-electron chi connectivity index (χ1n) is 12.2. The van der Waals surface area contributed by atoms with Crippen LogP contribution in [-0.4, -0.2) is 37.4 Å². The fraction of sp³-hybridized carbons (Fsp3) is 0.233. The van der Waals surface area contributed by atoms with Gasteiger partial charge in [-0.25, -0.2) is 14.4 Å². The molecule has 0 saturated carbocycles. The van der Waals surface area contributed by atoms with E-state index in [-0.39, 0.29) is 0 Å². The molecule has 0 atom stereocenters. The summed E-state index contributed by atoms with van der Waals surface area (Å²) < 4.78 is 21.3. The van der Waals surface area contributed by atoms with Gasteiger partial charge in [-0.05, 0) is 85.2 Å². The molecule has 0 unspecified atom stereocenters. The van der Waals surface area contributed by atoms with E-state index in [1.807, 2.05) is 18.2 Å². The van der Waals surface area contributed by atoms with Crippen LogP contribution in [0.25, 0.3) is 0 Å². The van der Waals surface area contributed by atoms with Gasteiger partial charge in [0.25, 0.3) is 0 Å². The van der Waals surface area contributed by atoms with Gasteiger partial charge in [0, 0.05) is 11.0 Å². The summed E-state index contributed by atoms with van der Waals surface area (Å²) >= 11 is 1.59. The van der Waals surface area contributed by atoms with Crippen molar-refractivity contribution in [3.05, 3.63) is 96.1 Å². The van der Waals surface area contributed by atoms with Crippen LogP contribution in [0.2, 0.25) is 0 Å². The molecule has 3 rings (SSSR count). The van der Waals surface area contributed by atoms with E-state index < -0.39 is 17.9 Å². The van der Waals surface area contributed by atoms with Crippen LogP contribution in [0.1, 0.15) is 46.0 Å². The van der Waals surface area contributed by atoms with Gasteiger partial charge in [0.15, 0.2) is 0 Å². The Morgan fingerprint density at radius 1 is 0.842 bits per heavy atom. The van der Waals surface area contributed by atoms with Gasteiger partial charge in [0.2, 0.25) is 0 Å². The van der Waals surface area contributed by atoms with E-state index in [0.29, 0.717) is 35.0 Å². The van der Waals surface area contributed by atoms with Gasteiger partial charge in [0.1, 0.15) is 17.2 Å². The summed E-state index contributed by atoms with van der Waals surface area (Å²) in [6.07, 6.45) is 3.63. The highest BCUT2D eigenvalue weighted by atomic mass is 32.2. The minimum absolute atomic E-state index is 0.299. The van der Waals surface area contributed by atoms with Crippen LogP contribution in [0.5, 0.6) is 17.2 Å². The molecule has 0 fully saturated rings. The van der Waals surface area contributed by atoms with Crippen molar-refractivity contribution in [2.45, 2.75) is 31.1 Å². The van der Waals surface area contributed by atoms with Gasteiger partial charge < -0.3 is 18.9 Å². The molecule has 0 aliphatic rings. The molecule has 0 saturated heterocycles. The zero-order valence-electron chi connectivity index (χ0n) is 21.4. The van der Waals surface area contributed by atoms with Crippen molar-refractivity contribution < 1.29 is 33.3 Å². The highest BCUT2D eigenvalue weighted by Gasteiger charge is 2.14. The van der Waals surface area contributed by atoms with Gasteiger partial charge in [-0.3, -0.25) is 0 Å². The average molecular weight is 535 g/mol. The minimum atomic E-state index is -0.546. The molecule has 198 valence electrons. The van der Waals surface area contributed by atoms with E-state index in [4.69, 9.17) is 18.9 Å². The van der Waals surface area contributed by atoms with Crippen molar-refractivity contribution in [1.29, 1.82) is 0 Å². The van der Waals surface area contributed by atoms with Crippen molar-refractivity contribution in [1.82, 2.24) is 0 Å². The maximum atomic E-state index is 12.7. The zero-order valence-corrected chi connectivity index (χ0v) is 22.3. The smallest absolute Gasteiger partial charge is 0.343 e. The van der Waals surface area contributed by atoms with E-state index in [0.717, 1.165) is 41.6 Å². The summed E-state index contributed by atoms with van der Waals surface area (Å²) in [5, 5.41) is 0. The fourth-order valence-corrected chi connectivity index (χ4v) is 4.33. The maximum absolute atomic E-state index is 12.7. The quantitative estimate of drug-likeness (QED) is 0.0830. The molecule has 0 aliphatic carbocycles. The molecular weight excluding hydrogens is 504 g/mol. The van der Waals surface area contributed by atoms with Crippen LogP contribution in [0.3, 0.4) is 0 Å². The van der Waals surface area contributed by atoms with E-state index >= 15 is 0 Å². The van der Waals surface area contributed by atoms with E-state index in [2.05, 4.69) is 13.5 Å². The Hall–Kier alpha value is -4.04. The number of rotatable bonds is 13. The number of thioether (sulfide) groups is 1. The van der Waals surface area contributed by atoms with Crippen molar-refractivity contribution in [3.63, 3.8) is 0 Å². The molecule has 38 heavy (non-hydrogen) atoms. The zero-order chi connectivity index (χ0) is 27.3. The standard InChI is InChI=1S/C30H30O7S/c1-4-21-8-13-24(14-9-21)36-29(32)22-10-15-25(16-11-22)37-30(33)23-12-17-27(26(20-23)34-3)38-19-7-6-18-35-28(31)5-2/h5,8-17,20H,2,4,6-7,18-19H2,1,3H3. The maximum Gasteiger partial charge on any atom is 0.343 e. The molecule has 0 N–H and O–H groups in total. The Bertz CT molecular complexity index is 1250. The Balaban J connectivity index is 1.52. The minimum Gasteiger partial charge on any atom is -0.496 e. The molecule has 0 heterocycles. The first-order valence-corrected chi connectivity index (χ1v) is 13.2. The highest BCUT2D eigenvalue weighted by Crippen LogP contribution is 2.31. The van der Waals surface area contributed by atoms with Crippen molar-refractivity contribution in [2.75, 3.05) is 19.5 Å². The highest BCUT2D eigenvalue weighted by molar-refractivity contribution is 7.99. The molecule has 0 amide bonds. The first-order chi connectivity index (χ1) is 18.4. The fourth-order valence-electron chi connectivity index (χ4n) is 3.32. The van der Waals surface area contributed by atoms with Crippen molar-refractivity contribution in [2.24, 2.45) is 0 Å². The Labute approximate surface area is 226 Å². The third-order valence-electron chi connectivity index (χ3n) is 5.45. The predicted octanol–water partition coefficient (Wildman–Crippen LogP) is 6.30. The second-order valence-electron chi connectivity index (χ2n) is 8.09. The molecule has 0 spiro atoms. The van der Waals surface area contributed by atoms with Gasteiger partial charge in [-0.2, -0.15) is 0 Å². The summed E-state index contributed by atoms with van der Waals surface area (Å²) in [6.45, 7) is 5.77. The average Bonchev–Trinajstić information content (AvgIpc) is 2.95. The van der Waals surface area contributed by atoms with Crippen LogP contribution in [0.4, 0.5) is 0 Å². The van der Waals surface area contributed by atoms with Crippen LogP contribution in [-0.2, 0) is 16.0 Å². The lowest BCUT2D eigenvalue weighted by atomic mass is 10.2. The topological polar surface area (TPSA) is 88.1 Å². The Morgan fingerprint density at radius 3 is 2.05 bits per heavy atom. The van der Waals surface area contributed by atoms with Gasteiger partial charge in [-0.15, -0.1) is 11.8 Å². The molecule has 0 radical (unpaired) electrons. The summed E-state index contributed by atoms with van der Waals surface area (Å²) in [5.41, 5.74) is 1.83. The third kappa shape index (κ3) is 8.52. The molecule has 0 bridgehead atoms. The molecule has 3 aromatic rings. The first kappa shape index (κ1) is 28.5. The second-order valence-corrected chi connectivity index (χ2v) is 9.23. The molecule has 3 aromatic carbocycles. The monoisotopic (exact) mass is 534 g/mol. The number of esters is 3. The number of carbonyl (C=O) groups excluding carboxylic acids is 3. The molecular formula is C30H30O7S. The number of unbranched alkanes of at least 4 members (excludes halogenated alkanes) is 1.